The maximum Gasteiger partial charge on any atom is 0.495 e. The summed E-state index contributed by atoms with van der Waals surface area (Å²) < 4.78 is 15.3. The molecule has 1 aliphatic rings. The molecule has 0 saturated carbocycles. The first kappa shape index (κ1) is 24.7. The van der Waals surface area contributed by atoms with Crippen LogP contribution in [0.5, 0.6) is 0 Å². The average Bonchev–Trinajstić information content (AvgIpc) is 3.42. The Morgan fingerprint density at radius 1 is 0.684 bits per heavy atom. The number of fused-ring (bicyclic) bond motifs is 1. The highest BCUT2D eigenvalue weighted by Gasteiger charge is 2.52. The molecule has 0 amide bonds. The van der Waals surface area contributed by atoms with Gasteiger partial charge in [0.15, 0.2) is 0 Å². The van der Waals surface area contributed by atoms with Crippen molar-refractivity contribution >= 4 is 23.4 Å². The zero-order valence-corrected chi connectivity index (χ0v) is 22.7. The van der Waals surface area contributed by atoms with Crippen molar-refractivity contribution in [2.75, 3.05) is 0 Å². The molecule has 1 aromatic heterocycles. The molecule has 5 aromatic rings. The van der Waals surface area contributed by atoms with Gasteiger partial charge >= 0.3 is 7.12 Å². The summed E-state index contributed by atoms with van der Waals surface area (Å²) in [6, 6.07) is 33.9. The van der Waals surface area contributed by atoms with Gasteiger partial charge in [-0.05, 0) is 44.6 Å². The Hall–Kier alpha value is -3.67. The van der Waals surface area contributed by atoms with Crippen LogP contribution in [0.1, 0.15) is 40.4 Å². The van der Waals surface area contributed by atoms with Gasteiger partial charge in [-0.2, -0.15) is 0 Å². The molecule has 4 aromatic carbocycles. The lowest BCUT2D eigenvalue weighted by atomic mass is 9.76. The summed E-state index contributed by atoms with van der Waals surface area (Å²) in [4.78, 5) is 5.21. The highest BCUT2D eigenvalue weighted by atomic mass is 16.7. The lowest BCUT2D eigenvalue weighted by molar-refractivity contribution is 0.00578. The molecule has 4 nitrogen and oxygen atoms in total. The van der Waals surface area contributed by atoms with E-state index in [9.17, 15) is 0 Å². The second-order valence-electron chi connectivity index (χ2n) is 11.0. The predicted molar refractivity (Wildman–Crippen MR) is 157 cm³/mol. The van der Waals surface area contributed by atoms with E-state index >= 15 is 0 Å². The molecular weight excluding hydrogens is 467 g/mol. The first-order valence-corrected chi connectivity index (χ1v) is 13.4. The minimum absolute atomic E-state index is 0.401. The largest absolute Gasteiger partial charge is 0.495 e. The molecule has 0 radical (unpaired) electrons. The van der Waals surface area contributed by atoms with Gasteiger partial charge in [-0.15, -0.1) is 0 Å². The van der Waals surface area contributed by atoms with E-state index in [4.69, 9.17) is 14.3 Å². The number of nitrogens with zero attached hydrogens (tertiary/aromatic N) is 2. The molecule has 2 heterocycles. The molecule has 5 heteroatoms. The van der Waals surface area contributed by atoms with Gasteiger partial charge in [0.1, 0.15) is 5.82 Å². The molecule has 0 aliphatic carbocycles. The Balaban J connectivity index is 1.60. The van der Waals surface area contributed by atoms with Crippen LogP contribution in [0.3, 0.4) is 0 Å². The summed E-state index contributed by atoms with van der Waals surface area (Å²) in [5, 5.41) is 2.27. The fourth-order valence-electron chi connectivity index (χ4n) is 5.31. The average molecular weight is 500 g/mol. The quantitative estimate of drug-likeness (QED) is 0.239. The fraction of sp³-hybridized carbons (Fsp3) is 0.242. The van der Waals surface area contributed by atoms with Gasteiger partial charge in [-0.25, -0.2) is 4.98 Å². The molecule has 0 unspecified atom stereocenters. The predicted octanol–water partition coefficient (Wildman–Crippen LogP) is 7.22. The summed E-state index contributed by atoms with van der Waals surface area (Å²) in [6.07, 6.45) is 0.806. The standard InChI is InChI=1S/C33H33BN2O2/c1-6-29-35-30(23-15-9-7-10-16-23)31(24-17-11-8-12-18-24)36(29)28-22-14-19-25-26(28)20-13-21-27(25)34-37-32(2,3)33(4,5)38-34/h7-22H,6H2,1-5H3. The molecular formula is C33H33BN2O2. The van der Waals surface area contributed by atoms with Crippen LogP contribution in [0.2, 0.25) is 0 Å². The third-order valence-electron chi connectivity index (χ3n) is 8.04. The Morgan fingerprint density at radius 2 is 1.26 bits per heavy atom. The third kappa shape index (κ3) is 3.98. The van der Waals surface area contributed by atoms with Crippen molar-refractivity contribution in [3.63, 3.8) is 0 Å². The van der Waals surface area contributed by atoms with Crippen LogP contribution in [-0.4, -0.2) is 27.9 Å². The van der Waals surface area contributed by atoms with Crippen molar-refractivity contribution < 1.29 is 9.31 Å². The Bertz CT molecular complexity index is 1590. The van der Waals surface area contributed by atoms with Crippen LogP contribution < -0.4 is 5.46 Å². The van der Waals surface area contributed by atoms with Crippen LogP contribution >= 0.6 is 0 Å². The number of imidazole rings is 1. The van der Waals surface area contributed by atoms with Crippen LogP contribution in [0.4, 0.5) is 0 Å². The SMILES string of the molecule is CCc1nc(-c2ccccc2)c(-c2ccccc2)n1-c1cccc2c(B3OC(C)(C)C(C)(C)O3)cccc12. The summed E-state index contributed by atoms with van der Waals surface area (Å²) in [7, 11) is -0.430. The Kier molecular flexibility index (Phi) is 6.01. The summed E-state index contributed by atoms with van der Waals surface area (Å²) in [5.41, 5.74) is 5.69. The highest BCUT2D eigenvalue weighted by molar-refractivity contribution is 6.65. The van der Waals surface area contributed by atoms with Crippen molar-refractivity contribution in [1.29, 1.82) is 0 Å². The maximum absolute atomic E-state index is 6.46. The molecule has 190 valence electrons. The summed E-state index contributed by atoms with van der Waals surface area (Å²) in [5.74, 6) is 1.02. The maximum atomic E-state index is 6.46. The van der Waals surface area contributed by atoms with Crippen molar-refractivity contribution in [2.24, 2.45) is 0 Å². The molecule has 1 fully saturated rings. The highest BCUT2D eigenvalue weighted by Crippen LogP contribution is 2.39. The molecule has 1 saturated heterocycles. The molecule has 6 rings (SSSR count). The third-order valence-corrected chi connectivity index (χ3v) is 8.04. The molecule has 0 atom stereocenters. The van der Waals surface area contributed by atoms with E-state index in [0.717, 1.165) is 56.7 Å². The van der Waals surface area contributed by atoms with E-state index in [-0.39, 0.29) is 0 Å². The van der Waals surface area contributed by atoms with E-state index in [2.05, 4.69) is 130 Å². The van der Waals surface area contributed by atoms with Gasteiger partial charge in [-0.1, -0.05) is 97.9 Å². The Labute approximate surface area is 225 Å². The minimum Gasteiger partial charge on any atom is -0.399 e. The Morgan fingerprint density at radius 3 is 1.89 bits per heavy atom. The molecule has 0 bridgehead atoms. The summed E-state index contributed by atoms with van der Waals surface area (Å²) in [6.45, 7) is 10.6. The number of aromatic nitrogens is 2. The van der Waals surface area contributed by atoms with Crippen LogP contribution in [0.15, 0.2) is 97.1 Å². The number of rotatable bonds is 5. The lowest BCUT2D eigenvalue weighted by Gasteiger charge is -2.32. The van der Waals surface area contributed by atoms with E-state index in [1.54, 1.807) is 0 Å². The monoisotopic (exact) mass is 500 g/mol. The zero-order valence-electron chi connectivity index (χ0n) is 22.7. The van der Waals surface area contributed by atoms with E-state index < -0.39 is 18.3 Å². The van der Waals surface area contributed by atoms with Crippen LogP contribution in [0.25, 0.3) is 39.0 Å². The van der Waals surface area contributed by atoms with Gasteiger partial charge in [0.05, 0.1) is 28.3 Å². The van der Waals surface area contributed by atoms with Crippen molar-refractivity contribution in [3.05, 3.63) is 103 Å². The number of hydrogen-bond donors (Lipinski definition) is 0. The minimum atomic E-state index is -0.430. The first-order valence-electron chi connectivity index (χ1n) is 13.4. The number of aryl methyl sites for hydroxylation is 1. The second-order valence-corrected chi connectivity index (χ2v) is 11.0. The molecule has 0 spiro atoms. The van der Waals surface area contributed by atoms with E-state index in [0.29, 0.717) is 0 Å². The first-order chi connectivity index (χ1) is 18.3. The molecule has 0 N–H and O–H groups in total. The second kappa shape index (κ2) is 9.26. The lowest BCUT2D eigenvalue weighted by Crippen LogP contribution is -2.41. The fourth-order valence-corrected chi connectivity index (χ4v) is 5.31. The topological polar surface area (TPSA) is 36.3 Å². The number of benzene rings is 4. The van der Waals surface area contributed by atoms with Crippen LogP contribution in [0, 0.1) is 0 Å². The summed E-state index contributed by atoms with van der Waals surface area (Å²) >= 11 is 0. The van der Waals surface area contributed by atoms with Crippen LogP contribution in [-0.2, 0) is 15.7 Å². The van der Waals surface area contributed by atoms with Crippen molar-refractivity contribution in [1.82, 2.24) is 9.55 Å². The van der Waals surface area contributed by atoms with Gasteiger partial charge in [-0.3, -0.25) is 4.57 Å². The normalized spacial score (nSPS) is 16.3. The van der Waals surface area contributed by atoms with Crippen molar-refractivity contribution in [2.45, 2.75) is 52.2 Å². The molecule has 38 heavy (non-hydrogen) atoms. The van der Waals surface area contributed by atoms with Gasteiger partial charge in [0.25, 0.3) is 0 Å². The van der Waals surface area contributed by atoms with E-state index in [1.807, 2.05) is 6.07 Å². The van der Waals surface area contributed by atoms with E-state index in [1.165, 1.54) is 0 Å². The zero-order chi connectivity index (χ0) is 26.5. The smallest absolute Gasteiger partial charge is 0.399 e. The number of hydrogen-bond acceptors (Lipinski definition) is 3. The molecule has 1 aliphatic heterocycles. The van der Waals surface area contributed by atoms with Crippen molar-refractivity contribution in [3.8, 4) is 28.2 Å². The van der Waals surface area contributed by atoms with Gasteiger partial charge in [0.2, 0.25) is 0 Å². The van der Waals surface area contributed by atoms with Gasteiger partial charge in [0, 0.05) is 22.9 Å². The van der Waals surface area contributed by atoms with Gasteiger partial charge < -0.3 is 9.31 Å².